The van der Waals surface area contributed by atoms with Gasteiger partial charge in [-0.1, -0.05) is 25.6 Å². The number of aryl methyl sites for hydroxylation is 2. The van der Waals surface area contributed by atoms with Crippen molar-refractivity contribution in [2.24, 2.45) is 18.9 Å². The van der Waals surface area contributed by atoms with Crippen LogP contribution in [0.25, 0.3) is 11.2 Å². The summed E-state index contributed by atoms with van der Waals surface area (Å²) in [4.78, 5) is 42.7. The molecule has 1 aliphatic rings. The van der Waals surface area contributed by atoms with E-state index in [9.17, 15) is 9.59 Å². The summed E-state index contributed by atoms with van der Waals surface area (Å²) in [7, 11) is 1.64. The molecule has 0 radical (unpaired) electrons. The number of rotatable bonds is 6. The first kappa shape index (κ1) is 20.6. The summed E-state index contributed by atoms with van der Waals surface area (Å²) in [5.41, 5.74) is 0.0625. The van der Waals surface area contributed by atoms with Crippen molar-refractivity contribution in [2.75, 3.05) is 23.7 Å². The van der Waals surface area contributed by atoms with Crippen molar-refractivity contribution in [3.05, 3.63) is 39.3 Å². The Kier molecular flexibility index (Phi) is 5.94. The Labute approximate surface area is 178 Å². The Morgan fingerprint density at radius 2 is 1.87 bits per heavy atom. The van der Waals surface area contributed by atoms with Crippen LogP contribution in [-0.4, -0.2) is 47.9 Å². The molecule has 0 aromatic carbocycles. The highest BCUT2D eigenvalue weighted by Gasteiger charge is 2.27. The molecular formula is C20H27N7O2S. The van der Waals surface area contributed by atoms with Crippen LogP contribution >= 0.6 is 11.8 Å². The van der Waals surface area contributed by atoms with Gasteiger partial charge in [0.25, 0.3) is 5.56 Å². The number of aromatic nitrogens is 6. The normalized spacial score (nSPS) is 19.5. The predicted molar refractivity (Wildman–Crippen MR) is 118 cm³/mol. The number of aromatic amines is 1. The Morgan fingerprint density at radius 3 is 2.57 bits per heavy atom. The van der Waals surface area contributed by atoms with Gasteiger partial charge in [-0.25, -0.2) is 14.8 Å². The molecule has 4 heterocycles. The van der Waals surface area contributed by atoms with Crippen LogP contribution in [0.2, 0.25) is 0 Å². The van der Waals surface area contributed by atoms with Gasteiger partial charge in [0, 0.05) is 44.8 Å². The monoisotopic (exact) mass is 429 g/mol. The van der Waals surface area contributed by atoms with E-state index in [1.54, 1.807) is 37.3 Å². The van der Waals surface area contributed by atoms with E-state index >= 15 is 0 Å². The standard InChI is InChI=1S/C20H27N7O2S/c1-13-10-14(2)12-26(11-13)19-23-16-15(17(28)24-20(29)25(16)3)27(19)8-5-9-30-18-21-6-4-7-22-18/h4,6-7,13-14H,5,8-12H2,1-3H3,(H,24,28,29). The van der Waals surface area contributed by atoms with Crippen molar-refractivity contribution in [3.63, 3.8) is 0 Å². The lowest BCUT2D eigenvalue weighted by Crippen LogP contribution is -2.40. The first-order valence-electron chi connectivity index (χ1n) is 10.3. The van der Waals surface area contributed by atoms with Crippen LogP contribution in [0.4, 0.5) is 5.95 Å². The molecule has 1 saturated heterocycles. The van der Waals surface area contributed by atoms with Crippen LogP contribution in [0.3, 0.4) is 0 Å². The molecule has 1 N–H and O–H groups in total. The third-order valence-corrected chi connectivity index (χ3v) is 6.40. The molecule has 3 aromatic heterocycles. The number of nitrogens with one attached hydrogen (secondary N) is 1. The first-order chi connectivity index (χ1) is 14.4. The molecule has 3 aromatic rings. The summed E-state index contributed by atoms with van der Waals surface area (Å²) in [6.07, 6.45) is 5.47. The lowest BCUT2D eigenvalue weighted by Gasteiger charge is -2.35. The number of H-pyrrole nitrogens is 1. The lowest BCUT2D eigenvalue weighted by molar-refractivity contribution is 0.351. The minimum atomic E-state index is -0.444. The third-order valence-electron chi connectivity index (χ3n) is 5.44. The largest absolute Gasteiger partial charge is 0.342 e. The van der Waals surface area contributed by atoms with Gasteiger partial charge in [-0.2, -0.15) is 4.98 Å². The molecule has 9 nitrogen and oxygen atoms in total. The first-order valence-corrected chi connectivity index (χ1v) is 11.3. The van der Waals surface area contributed by atoms with Gasteiger partial charge in [0.2, 0.25) is 5.95 Å². The number of hydrogen-bond acceptors (Lipinski definition) is 7. The topological polar surface area (TPSA) is 102 Å². The van der Waals surface area contributed by atoms with Crippen LogP contribution in [0.1, 0.15) is 26.7 Å². The van der Waals surface area contributed by atoms with Crippen LogP contribution in [0.15, 0.2) is 33.2 Å². The summed E-state index contributed by atoms with van der Waals surface area (Å²) < 4.78 is 3.39. The number of nitrogens with zero attached hydrogens (tertiary/aromatic N) is 6. The van der Waals surface area contributed by atoms with Crippen LogP contribution in [0, 0.1) is 11.8 Å². The fourth-order valence-electron chi connectivity index (χ4n) is 4.25. The second-order valence-corrected chi connectivity index (χ2v) is 9.20. The van der Waals surface area contributed by atoms with Crippen LogP contribution in [-0.2, 0) is 13.6 Å². The summed E-state index contributed by atoms with van der Waals surface area (Å²) in [6.45, 7) is 6.91. The maximum absolute atomic E-state index is 12.7. The molecule has 160 valence electrons. The average Bonchev–Trinajstić information content (AvgIpc) is 3.10. The highest BCUT2D eigenvalue weighted by molar-refractivity contribution is 7.99. The van der Waals surface area contributed by atoms with Gasteiger partial charge in [0.15, 0.2) is 16.3 Å². The summed E-state index contributed by atoms with van der Waals surface area (Å²) in [5.74, 6) is 2.69. The molecule has 1 fully saturated rings. The number of fused-ring (bicyclic) bond motifs is 1. The van der Waals surface area contributed by atoms with Gasteiger partial charge < -0.3 is 9.47 Å². The number of piperidine rings is 1. The highest BCUT2D eigenvalue weighted by Crippen LogP contribution is 2.28. The zero-order chi connectivity index (χ0) is 21.3. The maximum atomic E-state index is 12.7. The average molecular weight is 430 g/mol. The second kappa shape index (κ2) is 8.63. The molecule has 10 heteroatoms. The third kappa shape index (κ3) is 4.14. The molecule has 0 saturated carbocycles. The molecule has 0 aliphatic carbocycles. The van der Waals surface area contributed by atoms with E-state index in [0.29, 0.717) is 29.5 Å². The fraction of sp³-hybridized carbons (Fsp3) is 0.550. The molecule has 0 amide bonds. The minimum Gasteiger partial charge on any atom is -0.342 e. The van der Waals surface area contributed by atoms with Crippen molar-refractivity contribution in [1.82, 2.24) is 29.1 Å². The van der Waals surface area contributed by atoms with Gasteiger partial charge in [-0.3, -0.25) is 14.3 Å². The molecule has 0 bridgehead atoms. The van der Waals surface area contributed by atoms with Crippen molar-refractivity contribution in [1.29, 1.82) is 0 Å². The zero-order valence-corrected chi connectivity index (χ0v) is 18.4. The molecule has 4 rings (SSSR count). The molecule has 2 atom stereocenters. The number of thioether (sulfide) groups is 1. The van der Waals surface area contributed by atoms with Crippen molar-refractivity contribution >= 4 is 28.9 Å². The molecule has 2 unspecified atom stereocenters. The summed E-state index contributed by atoms with van der Waals surface area (Å²) in [5, 5.41) is 0.743. The summed E-state index contributed by atoms with van der Waals surface area (Å²) in [6, 6.07) is 1.80. The summed E-state index contributed by atoms with van der Waals surface area (Å²) >= 11 is 1.59. The lowest BCUT2D eigenvalue weighted by atomic mass is 9.92. The van der Waals surface area contributed by atoms with Gasteiger partial charge in [0.05, 0.1) is 0 Å². The van der Waals surface area contributed by atoms with Gasteiger partial charge >= 0.3 is 5.69 Å². The molecule has 30 heavy (non-hydrogen) atoms. The zero-order valence-electron chi connectivity index (χ0n) is 17.5. The minimum absolute atomic E-state index is 0.385. The van der Waals surface area contributed by atoms with E-state index in [2.05, 4.69) is 33.7 Å². The number of anilines is 1. The van der Waals surface area contributed by atoms with Crippen molar-refractivity contribution < 1.29 is 0 Å². The number of imidazole rings is 1. The molecule has 0 spiro atoms. The SMILES string of the molecule is CC1CC(C)CN(c2nc3c(c(=O)[nH]c(=O)n3C)n2CCCSc2ncccn2)C1. The van der Waals surface area contributed by atoms with Crippen molar-refractivity contribution in [3.8, 4) is 0 Å². The van der Waals surface area contributed by atoms with E-state index in [4.69, 9.17) is 4.98 Å². The molecular weight excluding hydrogens is 402 g/mol. The van der Waals surface area contributed by atoms with Crippen molar-refractivity contribution in [2.45, 2.75) is 38.4 Å². The quantitative estimate of drug-likeness (QED) is 0.363. The Hall–Kier alpha value is -2.62. The van der Waals surface area contributed by atoms with Crippen LogP contribution < -0.4 is 16.1 Å². The maximum Gasteiger partial charge on any atom is 0.329 e. The Bertz CT molecular complexity index is 1130. The van der Waals surface area contributed by atoms with Gasteiger partial charge in [-0.05, 0) is 30.7 Å². The van der Waals surface area contributed by atoms with Gasteiger partial charge in [0.1, 0.15) is 0 Å². The molecule has 1 aliphatic heterocycles. The highest BCUT2D eigenvalue weighted by atomic mass is 32.2. The van der Waals surface area contributed by atoms with E-state index in [-0.39, 0.29) is 5.56 Å². The van der Waals surface area contributed by atoms with Crippen LogP contribution in [0.5, 0.6) is 0 Å². The predicted octanol–water partition coefficient (Wildman–Crippen LogP) is 1.88. The van der Waals surface area contributed by atoms with E-state index < -0.39 is 5.69 Å². The van der Waals surface area contributed by atoms with Gasteiger partial charge in [-0.15, -0.1) is 0 Å². The Morgan fingerprint density at radius 1 is 1.17 bits per heavy atom. The smallest absolute Gasteiger partial charge is 0.329 e. The van der Waals surface area contributed by atoms with E-state index in [1.807, 2.05) is 4.57 Å². The number of hydrogen-bond donors (Lipinski definition) is 1. The Balaban J connectivity index is 1.66. The second-order valence-electron chi connectivity index (χ2n) is 8.14. The van der Waals surface area contributed by atoms with E-state index in [1.165, 1.54) is 11.0 Å². The van der Waals surface area contributed by atoms with E-state index in [0.717, 1.165) is 36.4 Å². The fourth-order valence-corrected chi connectivity index (χ4v) is 4.98.